The van der Waals surface area contributed by atoms with Crippen LogP contribution in [-0.4, -0.2) is 6.54 Å². The summed E-state index contributed by atoms with van der Waals surface area (Å²) in [7, 11) is 0. The van der Waals surface area contributed by atoms with Crippen LogP contribution in [0.4, 0.5) is 11.4 Å². The maximum Gasteiger partial charge on any atom is 0.0656 e. The van der Waals surface area contributed by atoms with Crippen molar-refractivity contribution in [3.8, 4) is 0 Å². The fourth-order valence-corrected chi connectivity index (χ4v) is 1.51. The van der Waals surface area contributed by atoms with E-state index >= 15 is 0 Å². The molecule has 0 saturated carbocycles. The van der Waals surface area contributed by atoms with Crippen LogP contribution in [0.15, 0.2) is 24.3 Å². The van der Waals surface area contributed by atoms with Gasteiger partial charge in [-0.3, -0.25) is 0 Å². The Hall–Kier alpha value is -1.15. The average molecular weight is 225 g/mol. The highest BCUT2D eigenvalue weighted by atomic mass is 35.5. The molecule has 0 bridgehead atoms. The predicted molar refractivity (Wildman–Crippen MR) is 68.5 cm³/mol. The number of anilines is 2. The average Bonchev–Trinajstić information content (AvgIpc) is 2.20. The van der Waals surface area contributed by atoms with Gasteiger partial charge in [-0.05, 0) is 38.0 Å². The molecule has 0 aromatic heterocycles. The van der Waals surface area contributed by atoms with Crippen molar-refractivity contribution < 1.29 is 0 Å². The molecule has 0 aliphatic rings. The molecule has 0 aliphatic carbocycles. The van der Waals surface area contributed by atoms with Gasteiger partial charge in [0, 0.05) is 12.2 Å². The van der Waals surface area contributed by atoms with Crippen molar-refractivity contribution in [1.82, 2.24) is 0 Å². The first-order valence-corrected chi connectivity index (χ1v) is 5.43. The van der Waals surface area contributed by atoms with Gasteiger partial charge in [0.1, 0.15) is 0 Å². The van der Waals surface area contributed by atoms with E-state index in [1.807, 2.05) is 32.1 Å². The maximum atomic E-state index is 5.95. The van der Waals surface area contributed by atoms with E-state index in [1.165, 1.54) is 0 Å². The van der Waals surface area contributed by atoms with Crippen LogP contribution in [0.1, 0.15) is 18.9 Å². The lowest BCUT2D eigenvalue weighted by Gasteiger charge is -2.10. The molecule has 0 saturated heterocycles. The summed E-state index contributed by atoms with van der Waals surface area (Å²) in [6.07, 6.45) is 5.18. The Kier molecular flexibility index (Phi) is 4.50. The van der Waals surface area contributed by atoms with Gasteiger partial charge in [-0.1, -0.05) is 23.8 Å². The van der Waals surface area contributed by atoms with E-state index in [4.69, 9.17) is 17.3 Å². The highest BCUT2D eigenvalue weighted by Gasteiger charge is 2.02. The fourth-order valence-electron chi connectivity index (χ4n) is 1.35. The monoisotopic (exact) mass is 224 g/mol. The van der Waals surface area contributed by atoms with Gasteiger partial charge in [-0.25, -0.2) is 0 Å². The lowest BCUT2D eigenvalue weighted by Crippen LogP contribution is -2.02. The topological polar surface area (TPSA) is 38.0 Å². The number of aryl methyl sites for hydroxylation is 1. The summed E-state index contributed by atoms with van der Waals surface area (Å²) in [5.74, 6) is 0. The molecule has 1 rings (SSSR count). The van der Waals surface area contributed by atoms with E-state index in [9.17, 15) is 0 Å². The molecular weight excluding hydrogens is 208 g/mol. The van der Waals surface area contributed by atoms with E-state index in [0.29, 0.717) is 10.7 Å². The minimum absolute atomic E-state index is 0.606. The van der Waals surface area contributed by atoms with Crippen LogP contribution < -0.4 is 11.1 Å². The Labute approximate surface area is 96.1 Å². The highest BCUT2D eigenvalue weighted by Crippen LogP contribution is 2.26. The Morgan fingerprint density at radius 3 is 2.87 bits per heavy atom. The number of halogens is 1. The van der Waals surface area contributed by atoms with Crippen LogP contribution in [0, 0.1) is 6.92 Å². The number of hydrogen-bond acceptors (Lipinski definition) is 2. The SMILES string of the molecule is C/C=C/CCNc1cc(Cl)c(N)cc1C. The van der Waals surface area contributed by atoms with Crippen molar-refractivity contribution in [2.75, 3.05) is 17.6 Å². The second kappa shape index (κ2) is 5.66. The van der Waals surface area contributed by atoms with Crippen LogP contribution in [0.2, 0.25) is 5.02 Å². The smallest absolute Gasteiger partial charge is 0.0656 e. The van der Waals surface area contributed by atoms with Gasteiger partial charge in [0.05, 0.1) is 10.7 Å². The largest absolute Gasteiger partial charge is 0.398 e. The van der Waals surface area contributed by atoms with Crippen LogP contribution in [-0.2, 0) is 0 Å². The van der Waals surface area contributed by atoms with E-state index in [2.05, 4.69) is 11.4 Å². The summed E-state index contributed by atoms with van der Waals surface area (Å²) < 4.78 is 0. The van der Waals surface area contributed by atoms with Gasteiger partial charge in [-0.2, -0.15) is 0 Å². The third-order valence-electron chi connectivity index (χ3n) is 2.21. The van der Waals surface area contributed by atoms with E-state index in [-0.39, 0.29) is 0 Å². The molecule has 0 fully saturated rings. The molecule has 0 atom stereocenters. The molecule has 2 nitrogen and oxygen atoms in total. The van der Waals surface area contributed by atoms with Crippen molar-refractivity contribution in [3.63, 3.8) is 0 Å². The van der Waals surface area contributed by atoms with Crippen molar-refractivity contribution in [3.05, 3.63) is 34.9 Å². The number of benzene rings is 1. The zero-order valence-corrected chi connectivity index (χ0v) is 9.93. The standard InChI is InChI=1S/C12H17ClN2/c1-3-4-5-6-15-12-8-10(13)11(14)7-9(12)2/h3-4,7-8,15H,5-6,14H2,1-2H3/b4-3+. The molecule has 0 radical (unpaired) electrons. The summed E-state index contributed by atoms with van der Waals surface area (Å²) >= 11 is 5.95. The van der Waals surface area contributed by atoms with Gasteiger partial charge >= 0.3 is 0 Å². The molecule has 3 N–H and O–H groups in total. The van der Waals surface area contributed by atoms with Crippen molar-refractivity contribution in [2.45, 2.75) is 20.3 Å². The second-order valence-corrected chi connectivity index (χ2v) is 3.88. The summed E-state index contributed by atoms with van der Waals surface area (Å²) in [5.41, 5.74) is 8.50. The minimum Gasteiger partial charge on any atom is -0.398 e. The zero-order chi connectivity index (χ0) is 11.3. The van der Waals surface area contributed by atoms with Crippen molar-refractivity contribution >= 4 is 23.0 Å². The summed E-state index contributed by atoms with van der Waals surface area (Å²) in [4.78, 5) is 0. The summed E-state index contributed by atoms with van der Waals surface area (Å²) in [6, 6.07) is 3.77. The lowest BCUT2D eigenvalue weighted by molar-refractivity contribution is 1.06. The van der Waals surface area contributed by atoms with Gasteiger partial charge < -0.3 is 11.1 Å². The molecule has 0 amide bonds. The molecule has 0 spiro atoms. The lowest BCUT2D eigenvalue weighted by atomic mass is 10.1. The number of nitrogens with two attached hydrogens (primary N) is 1. The highest BCUT2D eigenvalue weighted by molar-refractivity contribution is 6.33. The first-order valence-electron chi connectivity index (χ1n) is 5.05. The van der Waals surface area contributed by atoms with Gasteiger partial charge in [0.15, 0.2) is 0 Å². The van der Waals surface area contributed by atoms with Crippen molar-refractivity contribution in [2.24, 2.45) is 0 Å². The minimum atomic E-state index is 0.606. The third-order valence-corrected chi connectivity index (χ3v) is 2.53. The number of allylic oxidation sites excluding steroid dienone is 1. The number of rotatable bonds is 4. The zero-order valence-electron chi connectivity index (χ0n) is 9.18. The Bertz CT molecular complexity index is 359. The Morgan fingerprint density at radius 1 is 1.47 bits per heavy atom. The van der Waals surface area contributed by atoms with Crippen molar-refractivity contribution in [1.29, 1.82) is 0 Å². The summed E-state index contributed by atoms with van der Waals surface area (Å²) in [6.45, 7) is 4.95. The Morgan fingerprint density at radius 2 is 2.20 bits per heavy atom. The van der Waals surface area contributed by atoms with E-state index < -0.39 is 0 Å². The molecule has 1 aromatic carbocycles. The van der Waals surface area contributed by atoms with E-state index in [0.717, 1.165) is 24.2 Å². The Balaban J connectivity index is 2.65. The van der Waals surface area contributed by atoms with Gasteiger partial charge in [-0.15, -0.1) is 0 Å². The normalized spacial score (nSPS) is 10.9. The molecule has 82 valence electrons. The molecule has 1 aromatic rings. The molecule has 15 heavy (non-hydrogen) atoms. The number of nitrogen functional groups attached to an aromatic ring is 1. The molecular formula is C12H17ClN2. The molecule has 0 aliphatic heterocycles. The third kappa shape index (κ3) is 3.48. The first kappa shape index (κ1) is 11.9. The van der Waals surface area contributed by atoms with Crippen LogP contribution in [0.3, 0.4) is 0 Å². The second-order valence-electron chi connectivity index (χ2n) is 3.47. The van der Waals surface area contributed by atoms with Crippen LogP contribution in [0.25, 0.3) is 0 Å². The fraction of sp³-hybridized carbons (Fsp3) is 0.333. The predicted octanol–water partition coefficient (Wildman–Crippen LogP) is 3.61. The number of nitrogens with one attached hydrogen (secondary N) is 1. The van der Waals surface area contributed by atoms with Gasteiger partial charge in [0.25, 0.3) is 0 Å². The van der Waals surface area contributed by atoms with Gasteiger partial charge in [0.2, 0.25) is 0 Å². The van der Waals surface area contributed by atoms with E-state index in [1.54, 1.807) is 0 Å². The van der Waals surface area contributed by atoms with Crippen LogP contribution >= 0.6 is 11.6 Å². The first-order chi connectivity index (χ1) is 7.15. The maximum absolute atomic E-state index is 5.95. The van der Waals surface area contributed by atoms with Crippen LogP contribution in [0.5, 0.6) is 0 Å². The molecule has 0 unspecified atom stereocenters. The molecule has 0 heterocycles. The quantitative estimate of drug-likeness (QED) is 0.466. The number of hydrogen-bond donors (Lipinski definition) is 2. The molecule has 3 heteroatoms. The summed E-state index contributed by atoms with van der Waals surface area (Å²) in [5, 5.41) is 3.93.